The first-order valence-corrected chi connectivity index (χ1v) is 7.69. The maximum absolute atomic E-state index is 12.3. The maximum Gasteiger partial charge on any atom is 0.316 e. The van der Waals surface area contributed by atoms with Crippen molar-refractivity contribution in [3.63, 3.8) is 0 Å². The van der Waals surface area contributed by atoms with Gasteiger partial charge in [-0.15, -0.1) is 0 Å². The third-order valence-electron chi connectivity index (χ3n) is 3.49. The van der Waals surface area contributed by atoms with Crippen molar-refractivity contribution in [1.82, 2.24) is 14.5 Å². The van der Waals surface area contributed by atoms with Gasteiger partial charge < -0.3 is 9.30 Å². The smallest absolute Gasteiger partial charge is 0.316 e. The van der Waals surface area contributed by atoms with Gasteiger partial charge in [-0.05, 0) is 25.8 Å². The lowest BCUT2D eigenvalue weighted by Gasteiger charge is -2.16. The van der Waals surface area contributed by atoms with Crippen LogP contribution in [-0.4, -0.2) is 27.1 Å². The van der Waals surface area contributed by atoms with Gasteiger partial charge in [-0.25, -0.2) is 4.98 Å². The van der Waals surface area contributed by atoms with Crippen LogP contribution in [0, 0.1) is 0 Å². The number of fused-ring (bicyclic) bond motifs is 1. The third-order valence-corrected chi connectivity index (χ3v) is 3.49. The number of hydrogen-bond acceptors (Lipinski definition) is 4. The van der Waals surface area contributed by atoms with Gasteiger partial charge in [0.15, 0.2) is 0 Å². The second-order valence-electron chi connectivity index (χ2n) is 5.08. The van der Waals surface area contributed by atoms with Crippen LogP contribution >= 0.6 is 0 Å². The number of ether oxygens (including phenoxy) is 1. The lowest BCUT2D eigenvalue weighted by Crippen LogP contribution is -2.20. The van der Waals surface area contributed by atoms with E-state index in [9.17, 15) is 4.79 Å². The van der Waals surface area contributed by atoms with Gasteiger partial charge in [0.25, 0.3) is 0 Å². The number of pyridine rings is 1. The molecule has 0 aliphatic heterocycles. The van der Waals surface area contributed by atoms with Gasteiger partial charge in [0.05, 0.1) is 18.3 Å². The molecule has 2 aromatic rings. The van der Waals surface area contributed by atoms with Crippen molar-refractivity contribution in [2.45, 2.75) is 52.5 Å². The molecule has 0 N–H and O–H groups in total. The Morgan fingerprint density at radius 1 is 1.33 bits per heavy atom. The largest absolute Gasteiger partial charge is 0.465 e. The molecule has 1 unspecified atom stereocenters. The van der Waals surface area contributed by atoms with E-state index in [0.29, 0.717) is 6.61 Å². The van der Waals surface area contributed by atoms with Crippen molar-refractivity contribution in [1.29, 1.82) is 0 Å². The van der Waals surface area contributed by atoms with E-state index in [1.54, 1.807) is 12.4 Å². The zero-order chi connectivity index (χ0) is 15.2. The molecule has 2 aromatic heterocycles. The molecule has 0 radical (unpaired) electrons. The van der Waals surface area contributed by atoms with Crippen LogP contribution in [0.5, 0.6) is 0 Å². The normalized spacial score (nSPS) is 12.5. The van der Waals surface area contributed by atoms with Crippen LogP contribution in [0.3, 0.4) is 0 Å². The molecule has 2 heterocycles. The molecule has 0 spiro atoms. The highest BCUT2D eigenvalue weighted by molar-refractivity contribution is 5.80. The number of esters is 1. The van der Waals surface area contributed by atoms with Gasteiger partial charge in [-0.2, -0.15) is 0 Å². The summed E-state index contributed by atoms with van der Waals surface area (Å²) in [6.07, 6.45) is 6.16. The first kappa shape index (κ1) is 15.5. The molecule has 0 aliphatic carbocycles. The monoisotopic (exact) mass is 289 g/mol. The molecule has 2 rings (SSSR count). The number of hydrogen-bond donors (Lipinski definition) is 0. The summed E-state index contributed by atoms with van der Waals surface area (Å²) in [6.45, 7) is 7.26. The molecule has 0 fully saturated rings. The molecule has 1 atom stereocenters. The summed E-state index contributed by atoms with van der Waals surface area (Å²) in [5, 5.41) is 0. The van der Waals surface area contributed by atoms with Gasteiger partial charge in [0.2, 0.25) is 0 Å². The van der Waals surface area contributed by atoms with Gasteiger partial charge in [-0.1, -0.05) is 20.3 Å². The lowest BCUT2D eigenvalue weighted by atomic mass is 10.0. The second kappa shape index (κ2) is 7.20. The first-order chi connectivity index (χ1) is 10.2. The minimum absolute atomic E-state index is 0.181. The lowest BCUT2D eigenvalue weighted by molar-refractivity contribution is -0.145. The van der Waals surface area contributed by atoms with Crippen LogP contribution in [0.2, 0.25) is 0 Å². The van der Waals surface area contributed by atoms with Gasteiger partial charge in [-0.3, -0.25) is 9.78 Å². The highest BCUT2D eigenvalue weighted by Crippen LogP contribution is 2.26. The Labute approximate surface area is 125 Å². The van der Waals surface area contributed by atoms with Crippen molar-refractivity contribution >= 4 is 17.0 Å². The Morgan fingerprint density at radius 2 is 2.14 bits per heavy atom. The molecule has 5 nitrogen and oxygen atoms in total. The standard InChI is InChI=1S/C16H23N3O2/c1-4-7-12(16(20)21-6-3)15-18-13-11-17-9-8-14(13)19(15)10-5-2/h8-9,11-12H,4-7,10H2,1-3H3. The Balaban J connectivity index is 2.50. The van der Waals surface area contributed by atoms with Crippen molar-refractivity contribution in [2.75, 3.05) is 6.61 Å². The zero-order valence-corrected chi connectivity index (χ0v) is 13.0. The summed E-state index contributed by atoms with van der Waals surface area (Å²) < 4.78 is 7.37. The summed E-state index contributed by atoms with van der Waals surface area (Å²) in [4.78, 5) is 21.1. The number of aromatic nitrogens is 3. The Hall–Kier alpha value is -1.91. The van der Waals surface area contributed by atoms with Crippen LogP contribution < -0.4 is 0 Å². The molecular weight excluding hydrogens is 266 g/mol. The van der Waals surface area contributed by atoms with Gasteiger partial charge >= 0.3 is 5.97 Å². The molecule has 0 aromatic carbocycles. The van der Waals surface area contributed by atoms with E-state index in [0.717, 1.165) is 42.7 Å². The minimum atomic E-state index is -0.297. The van der Waals surface area contributed by atoms with Crippen LogP contribution in [0.4, 0.5) is 0 Å². The number of imidazole rings is 1. The average molecular weight is 289 g/mol. The van der Waals surface area contributed by atoms with E-state index in [1.165, 1.54) is 0 Å². The molecule has 114 valence electrons. The average Bonchev–Trinajstić information content (AvgIpc) is 2.84. The fourth-order valence-corrected chi connectivity index (χ4v) is 2.61. The van der Waals surface area contributed by atoms with E-state index >= 15 is 0 Å². The summed E-state index contributed by atoms with van der Waals surface area (Å²) in [7, 11) is 0. The third kappa shape index (κ3) is 3.23. The predicted molar refractivity (Wildman–Crippen MR) is 82.1 cm³/mol. The van der Waals surface area contributed by atoms with Crippen molar-refractivity contribution in [2.24, 2.45) is 0 Å². The van der Waals surface area contributed by atoms with Crippen LogP contribution in [0.25, 0.3) is 11.0 Å². The highest BCUT2D eigenvalue weighted by Gasteiger charge is 2.27. The highest BCUT2D eigenvalue weighted by atomic mass is 16.5. The van der Waals surface area contributed by atoms with E-state index in [-0.39, 0.29) is 11.9 Å². The van der Waals surface area contributed by atoms with Crippen LogP contribution in [0.15, 0.2) is 18.5 Å². The Bertz CT molecular complexity index is 607. The molecule has 5 heteroatoms. The minimum Gasteiger partial charge on any atom is -0.465 e. The SMILES string of the molecule is CCCC(C(=O)OCC)c1nc2cnccc2n1CCC. The van der Waals surface area contributed by atoms with Gasteiger partial charge in [0, 0.05) is 12.7 Å². The molecule has 0 saturated heterocycles. The van der Waals surface area contributed by atoms with E-state index < -0.39 is 0 Å². The number of rotatable bonds is 7. The number of nitrogens with zero attached hydrogens (tertiary/aromatic N) is 3. The number of aryl methyl sites for hydroxylation is 1. The molecule has 21 heavy (non-hydrogen) atoms. The van der Waals surface area contributed by atoms with E-state index in [2.05, 4.69) is 28.4 Å². The Morgan fingerprint density at radius 3 is 2.81 bits per heavy atom. The van der Waals surface area contributed by atoms with E-state index in [4.69, 9.17) is 4.74 Å². The number of carbonyl (C=O) groups is 1. The predicted octanol–water partition coefficient (Wildman–Crippen LogP) is 3.29. The van der Waals surface area contributed by atoms with E-state index in [1.807, 2.05) is 13.0 Å². The molecule has 0 bridgehead atoms. The zero-order valence-electron chi connectivity index (χ0n) is 13.0. The van der Waals surface area contributed by atoms with Crippen LogP contribution in [0.1, 0.15) is 51.8 Å². The molecule has 0 aliphatic rings. The fraction of sp³-hybridized carbons (Fsp3) is 0.562. The van der Waals surface area contributed by atoms with Crippen LogP contribution in [-0.2, 0) is 16.1 Å². The molecule has 0 amide bonds. The first-order valence-electron chi connectivity index (χ1n) is 7.69. The summed E-state index contributed by atoms with van der Waals surface area (Å²) in [6, 6.07) is 1.95. The topological polar surface area (TPSA) is 57.0 Å². The molecule has 0 saturated carbocycles. The van der Waals surface area contributed by atoms with Crippen molar-refractivity contribution in [3.8, 4) is 0 Å². The summed E-state index contributed by atoms with van der Waals surface area (Å²) >= 11 is 0. The van der Waals surface area contributed by atoms with Crippen molar-refractivity contribution in [3.05, 3.63) is 24.3 Å². The Kier molecular flexibility index (Phi) is 5.31. The fourth-order valence-electron chi connectivity index (χ4n) is 2.61. The summed E-state index contributed by atoms with van der Waals surface area (Å²) in [5.41, 5.74) is 1.87. The number of carbonyl (C=O) groups excluding carboxylic acids is 1. The quantitative estimate of drug-likeness (QED) is 0.734. The summed E-state index contributed by atoms with van der Waals surface area (Å²) in [5.74, 6) is 0.328. The van der Waals surface area contributed by atoms with Crippen molar-refractivity contribution < 1.29 is 9.53 Å². The second-order valence-corrected chi connectivity index (χ2v) is 5.08. The van der Waals surface area contributed by atoms with Gasteiger partial charge in [0.1, 0.15) is 17.3 Å². The molecular formula is C16H23N3O2. The maximum atomic E-state index is 12.3.